The average Bonchev–Trinajstić information content (AvgIpc) is 3.04. The Labute approximate surface area is 113 Å². The molecule has 2 heterocycles. The van der Waals surface area contributed by atoms with E-state index in [0.717, 1.165) is 24.3 Å². The van der Waals surface area contributed by atoms with E-state index < -0.39 is 0 Å². The molecular weight excluding hydrogens is 242 g/mol. The van der Waals surface area contributed by atoms with Crippen molar-refractivity contribution in [2.24, 2.45) is 0 Å². The van der Waals surface area contributed by atoms with E-state index in [9.17, 15) is 0 Å². The van der Waals surface area contributed by atoms with Crippen molar-refractivity contribution in [3.8, 4) is 0 Å². The third-order valence-electron chi connectivity index (χ3n) is 3.20. The predicted molar refractivity (Wildman–Crippen MR) is 73.9 cm³/mol. The monoisotopic (exact) mass is 263 g/mol. The molecule has 2 aromatic rings. The lowest BCUT2D eigenvalue weighted by Crippen LogP contribution is -2.12. The van der Waals surface area contributed by atoms with E-state index in [2.05, 4.69) is 29.4 Å². The van der Waals surface area contributed by atoms with Crippen molar-refractivity contribution in [3.63, 3.8) is 0 Å². The maximum absolute atomic E-state index is 8.84. The minimum absolute atomic E-state index is 0.0991. The molecule has 0 radical (unpaired) electrons. The average molecular weight is 263 g/mol. The normalized spacial score (nSPS) is 12.6. The zero-order valence-corrected chi connectivity index (χ0v) is 11.5. The van der Waals surface area contributed by atoms with Gasteiger partial charge in [0.05, 0.1) is 37.3 Å². The SMILES string of the molecule is CC[C@H](C)n1nccc1CNc1cnn(CCO)c1. The number of aliphatic hydroxyl groups is 1. The summed E-state index contributed by atoms with van der Waals surface area (Å²) < 4.78 is 3.76. The van der Waals surface area contributed by atoms with E-state index in [4.69, 9.17) is 5.11 Å². The van der Waals surface area contributed by atoms with Crippen molar-refractivity contribution in [2.75, 3.05) is 11.9 Å². The summed E-state index contributed by atoms with van der Waals surface area (Å²) in [7, 11) is 0. The molecule has 0 spiro atoms. The van der Waals surface area contributed by atoms with Crippen molar-refractivity contribution in [2.45, 2.75) is 39.4 Å². The number of aliphatic hydroxyl groups excluding tert-OH is 1. The molecule has 19 heavy (non-hydrogen) atoms. The van der Waals surface area contributed by atoms with E-state index in [0.29, 0.717) is 12.6 Å². The van der Waals surface area contributed by atoms with Crippen LogP contribution in [0.2, 0.25) is 0 Å². The highest BCUT2D eigenvalue weighted by Gasteiger charge is 2.08. The van der Waals surface area contributed by atoms with Gasteiger partial charge in [0, 0.05) is 18.4 Å². The number of rotatable bonds is 7. The van der Waals surface area contributed by atoms with Gasteiger partial charge in [-0.15, -0.1) is 0 Å². The van der Waals surface area contributed by atoms with Crippen LogP contribution in [0.5, 0.6) is 0 Å². The molecule has 0 aromatic carbocycles. The fourth-order valence-corrected chi connectivity index (χ4v) is 1.92. The van der Waals surface area contributed by atoms with E-state index in [1.807, 2.05) is 23.1 Å². The summed E-state index contributed by atoms with van der Waals surface area (Å²) in [5.74, 6) is 0. The summed E-state index contributed by atoms with van der Waals surface area (Å²) in [6, 6.07) is 2.43. The number of nitrogens with one attached hydrogen (secondary N) is 1. The van der Waals surface area contributed by atoms with Gasteiger partial charge in [-0.3, -0.25) is 9.36 Å². The molecule has 0 saturated carbocycles. The number of hydrogen-bond acceptors (Lipinski definition) is 4. The van der Waals surface area contributed by atoms with Crippen LogP contribution in [-0.2, 0) is 13.1 Å². The third-order valence-corrected chi connectivity index (χ3v) is 3.20. The molecule has 2 aromatic heterocycles. The lowest BCUT2D eigenvalue weighted by molar-refractivity contribution is 0.269. The molecule has 0 aliphatic carbocycles. The van der Waals surface area contributed by atoms with E-state index >= 15 is 0 Å². The summed E-state index contributed by atoms with van der Waals surface area (Å²) in [4.78, 5) is 0. The highest BCUT2D eigenvalue weighted by atomic mass is 16.3. The maximum atomic E-state index is 8.84. The molecular formula is C13H21N5O. The van der Waals surface area contributed by atoms with Gasteiger partial charge < -0.3 is 10.4 Å². The molecule has 6 nitrogen and oxygen atoms in total. The van der Waals surface area contributed by atoms with E-state index in [1.165, 1.54) is 0 Å². The molecule has 0 unspecified atom stereocenters. The van der Waals surface area contributed by atoms with Crippen molar-refractivity contribution in [1.29, 1.82) is 0 Å². The van der Waals surface area contributed by atoms with Crippen LogP contribution in [0.15, 0.2) is 24.7 Å². The van der Waals surface area contributed by atoms with E-state index in [-0.39, 0.29) is 6.61 Å². The fraction of sp³-hybridized carbons (Fsp3) is 0.538. The molecule has 2 N–H and O–H groups in total. The van der Waals surface area contributed by atoms with Crippen LogP contribution in [-0.4, -0.2) is 31.3 Å². The molecule has 2 rings (SSSR count). The Balaban J connectivity index is 1.96. The van der Waals surface area contributed by atoms with Crippen molar-refractivity contribution < 1.29 is 5.11 Å². The van der Waals surface area contributed by atoms with Gasteiger partial charge in [-0.1, -0.05) is 6.92 Å². The lowest BCUT2D eigenvalue weighted by Gasteiger charge is -2.14. The quantitative estimate of drug-likeness (QED) is 0.797. The minimum Gasteiger partial charge on any atom is -0.394 e. The van der Waals surface area contributed by atoms with Gasteiger partial charge in [0.2, 0.25) is 0 Å². The van der Waals surface area contributed by atoms with Crippen molar-refractivity contribution in [3.05, 3.63) is 30.4 Å². The van der Waals surface area contributed by atoms with Crippen LogP contribution < -0.4 is 5.32 Å². The van der Waals surface area contributed by atoms with Gasteiger partial charge in [-0.05, 0) is 19.4 Å². The smallest absolute Gasteiger partial charge is 0.0729 e. The zero-order valence-electron chi connectivity index (χ0n) is 11.5. The number of aromatic nitrogens is 4. The number of hydrogen-bond donors (Lipinski definition) is 2. The van der Waals surface area contributed by atoms with Crippen LogP contribution >= 0.6 is 0 Å². The summed E-state index contributed by atoms with van der Waals surface area (Å²) in [5.41, 5.74) is 2.11. The summed E-state index contributed by atoms with van der Waals surface area (Å²) >= 11 is 0. The summed E-state index contributed by atoms with van der Waals surface area (Å²) in [6.45, 7) is 5.65. The molecule has 0 saturated heterocycles. The number of anilines is 1. The van der Waals surface area contributed by atoms with Gasteiger partial charge in [0.15, 0.2) is 0 Å². The molecule has 1 atom stereocenters. The van der Waals surface area contributed by atoms with Crippen LogP contribution in [0.1, 0.15) is 32.0 Å². The fourth-order valence-electron chi connectivity index (χ4n) is 1.92. The topological polar surface area (TPSA) is 67.9 Å². The molecule has 0 aliphatic rings. The Kier molecular flexibility index (Phi) is 4.57. The first kappa shape index (κ1) is 13.6. The standard InChI is InChI=1S/C13H21N5O/c1-3-11(2)18-13(4-5-15-18)9-14-12-8-16-17(10-12)6-7-19/h4-5,8,10-11,14,19H,3,6-7,9H2,1-2H3/t11-/m0/s1. The molecule has 0 fully saturated rings. The first-order chi connectivity index (χ1) is 9.24. The maximum Gasteiger partial charge on any atom is 0.0729 e. The molecule has 0 aliphatic heterocycles. The Bertz CT molecular complexity index is 505. The van der Waals surface area contributed by atoms with Gasteiger partial charge in [-0.25, -0.2) is 0 Å². The van der Waals surface area contributed by atoms with E-state index in [1.54, 1.807) is 10.9 Å². The molecule has 0 amide bonds. The van der Waals surface area contributed by atoms with Crippen LogP contribution in [0.25, 0.3) is 0 Å². The Morgan fingerprint density at radius 1 is 1.42 bits per heavy atom. The van der Waals surface area contributed by atoms with Gasteiger partial charge >= 0.3 is 0 Å². The highest BCUT2D eigenvalue weighted by Crippen LogP contribution is 2.14. The van der Waals surface area contributed by atoms with Crippen LogP contribution in [0.4, 0.5) is 5.69 Å². The Morgan fingerprint density at radius 3 is 3.00 bits per heavy atom. The van der Waals surface area contributed by atoms with Gasteiger partial charge in [0.1, 0.15) is 0 Å². The second-order valence-corrected chi connectivity index (χ2v) is 4.59. The van der Waals surface area contributed by atoms with Crippen LogP contribution in [0.3, 0.4) is 0 Å². The zero-order chi connectivity index (χ0) is 13.7. The summed E-state index contributed by atoms with van der Waals surface area (Å²) in [6.07, 6.45) is 6.54. The Hall–Kier alpha value is -1.82. The second kappa shape index (κ2) is 6.38. The van der Waals surface area contributed by atoms with Gasteiger partial charge in [-0.2, -0.15) is 10.2 Å². The summed E-state index contributed by atoms with van der Waals surface area (Å²) in [5, 5.41) is 20.7. The first-order valence-corrected chi connectivity index (χ1v) is 6.64. The number of nitrogens with zero attached hydrogens (tertiary/aromatic N) is 4. The molecule has 6 heteroatoms. The molecule has 0 bridgehead atoms. The molecule has 104 valence electrons. The largest absolute Gasteiger partial charge is 0.394 e. The second-order valence-electron chi connectivity index (χ2n) is 4.59. The first-order valence-electron chi connectivity index (χ1n) is 6.64. The predicted octanol–water partition coefficient (Wildman–Crippen LogP) is 1.65. The third kappa shape index (κ3) is 3.35. The van der Waals surface area contributed by atoms with Crippen molar-refractivity contribution in [1.82, 2.24) is 19.6 Å². The highest BCUT2D eigenvalue weighted by molar-refractivity contribution is 5.38. The van der Waals surface area contributed by atoms with Crippen LogP contribution in [0, 0.1) is 0 Å². The van der Waals surface area contributed by atoms with Gasteiger partial charge in [0.25, 0.3) is 0 Å². The van der Waals surface area contributed by atoms with Crippen molar-refractivity contribution >= 4 is 5.69 Å². The lowest BCUT2D eigenvalue weighted by atomic mass is 10.2. The Morgan fingerprint density at radius 2 is 2.26 bits per heavy atom. The minimum atomic E-state index is 0.0991.